The van der Waals surface area contributed by atoms with E-state index < -0.39 is 0 Å². The molecule has 0 atom stereocenters. The molecule has 6 nitrogen and oxygen atoms in total. The predicted octanol–water partition coefficient (Wildman–Crippen LogP) is 3.52. The van der Waals surface area contributed by atoms with Crippen molar-refractivity contribution in [2.24, 2.45) is 5.73 Å². The number of amides is 1. The van der Waals surface area contributed by atoms with Crippen LogP contribution in [-0.4, -0.2) is 20.7 Å². The van der Waals surface area contributed by atoms with E-state index in [4.69, 9.17) is 28.9 Å². The smallest absolute Gasteiger partial charge is 0.229 e. The summed E-state index contributed by atoms with van der Waals surface area (Å²) in [4.78, 5) is 16.4. The van der Waals surface area contributed by atoms with Crippen molar-refractivity contribution in [3.05, 3.63) is 69.6 Å². The predicted molar refractivity (Wildman–Crippen MR) is 103 cm³/mol. The summed E-state index contributed by atoms with van der Waals surface area (Å²) in [6.45, 7) is 2.21. The Labute approximate surface area is 160 Å². The Bertz CT molecular complexity index is 955. The van der Waals surface area contributed by atoms with E-state index in [0.29, 0.717) is 28.1 Å². The fourth-order valence-electron chi connectivity index (χ4n) is 2.55. The Hall–Kier alpha value is -2.41. The topological polar surface area (TPSA) is 85.8 Å². The molecular weight excluding hydrogens is 373 g/mol. The van der Waals surface area contributed by atoms with Crippen molar-refractivity contribution in [2.45, 2.75) is 19.9 Å². The molecule has 0 radical (unpaired) electrons. The minimum atomic E-state index is -0.175. The zero-order chi connectivity index (χ0) is 18.7. The number of nitrogens with one attached hydrogen (secondary N) is 1. The number of anilines is 1. The van der Waals surface area contributed by atoms with Crippen LogP contribution in [0.2, 0.25) is 10.0 Å². The number of aromatic nitrogens is 3. The molecule has 0 aliphatic carbocycles. The van der Waals surface area contributed by atoms with E-state index >= 15 is 0 Å². The van der Waals surface area contributed by atoms with E-state index in [9.17, 15) is 4.79 Å². The van der Waals surface area contributed by atoms with Crippen LogP contribution in [0.1, 0.15) is 17.0 Å². The highest BCUT2D eigenvalue weighted by Crippen LogP contribution is 2.26. The first-order chi connectivity index (χ1) is 12.5. The third-order valence-corrected chi connectivity index (χ3v) is 4.29. The number of nitrogens with zero attached hydrogens (tertiary/aromatic N) is 3. The van der Waals surface area contributed by atoms with Gasteiger partial charge in [0, 0.05) is 29.5 Å². The molecule has 3 rings (SSSR count). The van der Waals surface area contributed by atoms with E-state index in [0.717, 1.165) is 17.0 Å². The lowest BCUT2D eigenvalue weighted by atomic mass is 10.1. The van der Waals surface area contributed by atoms with Gasteiger partial charge < -0.3 is 11.1 Å². The number of benzene rings is 1. The summed E-state index contributed by atoms with van der Waals surface area (Å²) in [5, 5.41) is 8.24. The first kappa shape index (κ1) is 18.4. The molecule has 1 amide bonds. The molecule has 8 heteroatoms. The highest BCUT2D eigenvalue weighted by molar-refractivity contribution is 6.35. The van der Waals surface area contributed by atoms with Gasteiger partial charge in [0.15, 0.2) is 5.82 Å². The molecule has 134 valence electrons. The molecule has 0 saturated heterocycles. The molecule has 3 aromatic rings. The van der Waals surface area contributed by atoms with Gasteiger partial charge in [0.2, 0.25) is 5.91 Å². The minimum absolute atomic E-state index is 0.175. The molecule has 0 aliphatic heterocycles. The lowest BCUT2D eigenvalue weighted by Gasteiger charge is -2.07. The summed E-state index contributed by atoms with van der Waals surface area (Å²) in [5.74, 6) is 0.276. The van der Waals surface area contributed by atoms with E-state index in [1.54, 1.807) is 41.2 Å². The van der Waals surface area contributed by atoms with Crippen LogP contribution in [0, 0.1) is 6.92 Å². The van der Waals surface area contributed by atoms with Crippen molar-refractivity contribution >= 4 is 34.9 Å². The third kappa shape index (κ3) is 4.22. The Balaban J connectivity index is 1.75. The second-order valence-corrected chi connectivity index (χ2v) is 6.61. The van der Waals surface area contributed by atoms with Crippen LogP contribution in [0.3, 0.4) is 0 Å². The number of pyridine rings is 1. The van der Waals surface area contributed by atoms with E-state index in [1.807, 2.05) is 13.0 Å². The number of nitrogens with two attached hydrogens (primary N) is 1. The van der Waals surface area contributed by atoms with Crippen LogP contribution in [0.5, 0.6) is 0 Å². The van der Waals surface area contributed by atoms with Crippen LogP contribution in [-0.2, 0) is 17.8 Å². The van der Waals surface area contributed by atoms with Gasteiger partial charge in [-0.05, 0) is 42.8 Å². The summed E-state index contributed by atoms with van der Waals surface area (Å²) < 4.78 is 1.66. The lowest BCUT2D eigenvalue weighted by Crippen LogP contribution is -2.15. The highest BCUT2D eigenvalue weighted by Gasteiger charge is 2.12. The van der Waals surface area contributed by atoms with Crippen molar-refractivity contribution in [1.29, 1.82) is 0 Å². The molecule has 2 heterocycles. The number of carbonyl (C=O) groups is 1. The molecule has 3 N–H and O–H groups in total. The van der Waals surface area contributed by atoms with Gasteiger partial charge in [-0.2, -0.15) is 0 Å². The maximum absolute atomic E-state index is 12.3. The minimum Gasteiger partial charge on any atom is -0.325 e. The zero-order valence-corrected chi connectivity index (χ0v) is 15.6. The third-order valence-electron chi connectivity index (χ3n) is 3.75. The number of aryl methyl sites for hydroxylation is 1. The molecule has 0 unspecified atom stereocenters. The SMILES string of the molecule is Cc1cc(NC(=O)Cc2ccnc(CN)c2)nn1-c1ccc(Cl)cc1Cl. The number of rotatable bonds is 5. The van der Waals surface area contributed by atoms with Crippen LogP contribution in [0.15, 0.2) is 42.6 Å². The van der Waals surface area contributed by atoms with E-state index in [2.05, 4.69) is 15.4 Å². The molecular formula is C18H17Cl2N5O. The van der Waals surface area contributed by atoms with Crippen molar-refractivity contribution in [3.63, 3.8) is 0 Å². The van der Waals surface area contributed by atoms with Gasteiger partial charge >= 0.3 is 0 Å². The lowest BCUT2D eigenvalue weighted by molar-refractivity contribution is -0.115. The number of carbonyl (C=O) groups excluding carboxylic acids is 1. The Kier molecular flexibility index (Phi) is 5.56. The second-order valence-electron chi connectivity index (χ2n) is 5.76. The van der Waals surface area contributed by atoms with Crippen LogP contribution in [0.4, 0.5) is 5.82 Å². The van der Waals surface area contributed by atoms with E-state index in [1.165, 1.54) is 0 Å². The first-order valence-electron chi connectivity index (χ1n) is 7.92. The van der Waals surface area contributed by atoms with Crippen molar-refractivity contribution in [1.82, 2.24) is 14.8 Å². The quantitative estimate of drug-likeness (QED) is 0.698. The Morgan fingerprint density at radius 2 is 2.04 bits per heavy atom. The summed E-state index contributed by atoms with van der Waals surface area (Å²) >= 11 is 12.2. The van der Waals surface area contributed by atoms with Gasteiger partial charge in [-0.15, -0.1) is 5.10 Å². The standard InChI is InChI=1S/C18H17Cl2N5O/c1-11-6-17(24-25(11)16-3-2-13(19)9-15(16)20)23-18(26)8-12-4-5-22-14(7-12)10-21/h2-7,9H,8,10,21H2,1H3,(H,23,24,26). The van der Waals surface area contributed by atoms with Gasteiger partial charge in [-0.1, -0.05) is 23.2 Å². The normalized spacial score (nSPS) is 10.8. The van der Waals surface area contributed by atoms with Gasteiger partial charge in [0.05, 0.1) is 22.8 Å². The molecule has 0 aliphatic rings. The second kappa shape index (κ2) is 7.86. The number of halogens is 2. The number of hydrogen-bond acceptors (Lipinski definition) is 4. The maximum atomic E-state index is 12.3. The summed E-state index contributed by atoms with van der Waals surface area (Å²) in [6.07, 6.45) is 1.86. The average Bonchev–Trinajstić information content (AvgIpc) is 2.95. The molecule has 0 fully saturated rings. The first-order valence-corrected chi connectivity index (χ1v) is 8.67. The fraction of sp³-hybridized carbons (Fsp3) is 0.167. The molecule has 0 bridgehead atoms. The molecule has 1 aromatic carbocycles. The van der Waals surface area contributed by atoms with E-state index in [-0.39, 0.29) is 12.3 Å². The van der Waals surface area contributed by atoms with Crippen LogP contribution in [0.25, 0.3) is 5.69 Å². The Morgan fingerprint density at radius 1 is 1.23 bits per heavy atom. The van der Waals surface area contributed by atoms with Crippen LogP contribution >= 0.6 is 23.2 Å². The number of hydrogen-bond donors (Lipinski definition) is 2. The van der Waals surface area contributed by atoms with Gasteiger partial charge in [0.25, 0.3) is 0 Å². The van der Waals surface area contributed by atoms with Crippen molar-refractivity contribution in [3.8, 4) is 5.69 Å². The van der Waals surface area contributed by atoms with Crippen molar-refractivity contribution in [2.75, 3.05) is 5.32 Å². The monoisotopic (exact) mass is 389 g/mol. The summed E-state index contributed by atoms with van der Waals surface area (Å²) in [7, 11) is 0. The summed E-state index contributed by atoms with van der Waals surface area (Å²) in [6, 6.07) is 10.5. The van der Waals surface area contributed by atoms with Crippen LogP contribution < -0.4 is 11.1 Å². The largest absolute Gasteiger partial charge is 0.325 e. The van der Waals surface area contributed by atoms with Crippen molar-refractivity contribution < 1.29 is 4.79 Å². The fourth-order valence-corrected chi connectivity index (χ4v) is 3.04. The molecule has 26 heavy (non-hydrogen) atoms. The average molecular weight is 390 g/mol. The highest BCUT2D eigenvalue weighted by atomic mass is 35.5. The van der Waals surface area contributed by atoms with Gasteiger partial charge in [0.1, 0.15) is 0 Å². The van der Waals surface area contributed by atoms with Gasteiger partial charge in [-0.3, -0.25) is 9.78 Å². The Morgan fingerprint density at radius 3 is 2.77 bits per heavy atom. The molecule has 2 aromatic heterocycles. The maximum Gasteiger partial charge on any atom is 0.229 e. The zero-order valence-electron chi connectivity index (χ0n) is 14.0. The molecule has 0 saturated carbocycles. The summed E-state index contributed by atoms with van der Waals surface area (Å²) in [5.41, 5.74) is 8.68. The van der Waals surface area contributed by atoms with Gasteiger partial charge in [-0.25, -0.2) is 4.68 Å². The molecule has 0 spiro atoms.